The van der Waals surface area contributed by atoms with Gasteiger partial charge in [0, 0.05) is 11.6 Å². The number of phenols is 1. The standard InChI is InChI=1S/C17H26ClNO2/c1-2-3-4-5-6-7-8-9-12-19-17(21)15-13-14(18)10-11-16(15)20/h10-11,13,20H,2-9,12H2,1H3,(H,19,21). The van der Waals surface area contributed by atoms with E-state index in [9.17, 15) is 9.90 Å². The van der Waals surface area contributed by atoms with E-state index >= 15 is 0 Å². The Morgan fingerprint density at radius 2 is 1.71 bits per heavy atom. The maximum Gasteiger partial charge on any atom is 0.255 e. The minimum absolute atomic E-state index is 0.0344. The van der Waals surface area contributed by atoms with E-state index in [0.29, 0.717) is 11.6 Å². The lowest BCUT2D eigenvalue weighted by Crippen LogP contribution is -2.24. The predicted octanol–water partition coefficient (Wildman–Crippen LogP) is 4.92. The van der Waals surface area contributed by atoms with Crippen molar-refractivity contribution in [3.8, 4) is 5.75 Å². The van der Waals surface area contributed by atoms with E-state index in [1.165, 1.54) is 50.7 Å². The molecule has 0 aromatic heterocycles. The third-order valence-electron chi connectivity index (χ3n) is 3.52. The highest BCUT2D eigenvalue weighted by Gasteiger charge is 2.10. The molecule has 0 aliphatic heterocycles. The number of carbonyl (C=O) groups is 1. The first-order chi connectivity index (χ1) is 10.1. The largest absolute Gasteiger partial charge is 0.507 e. The van der Waals surface area contributed by atoms with Crippen LogP contribution >= 0.6 is 11.6 Å². The van der Waals surface area contributed by atoms with Crippen LogP contribution in [0, 0.1) is 0 Å². The van der Waals surface area contributed by atoms with Crippen LogP contribution in [-0.4, -0.2) is 17.6 Å². The summed E-state index contributed by atoms with van der Waals surface area (Å²) in [5, 5.41) is 12.9. The molecule has 0 atom stereocenters. The quantitative estimate of drug-likeness (QED) is 0.603. The fraction of sp³-hybridized carbons (Fsp3) is 0.588. The zero-order chi connectivity index (χ0) is 15.5. The number of unbranched alkanes of at least 4 members (excludes halogenated alkanes) is 7. The third kappa shape index (κ3) is 7.37. The second kappa shape index (κ2) is 10.5. The van der Waals surface area contributed by atoms with Crippen molar-refractivity contribution in [3.05, 3.63) is 28.8 Å². The summed E-state index contributed by atoms with van der Waals surface area (Å²) < 4.78 is 0. The summed E-state index contributed by atoms with van der Waals surface area (Å²) in [6.07, 6.45) is 9.87. The smallest absolute Gasteiger partial charge is 0.255 e. The molecule has 0 spiro atoms. The molecule has 2 N–H and O–H groups in total. The number of phenolic OH excluding ortho intramolecular Hbond substituents is 1. The van der Waals surface area contributed by atoms with Crippen LogP contribution in [0.4, 0.5) is 0 Å². The highest BCUT2D eigenvalue weighted by Crippen LogP contribution is 2.21. The van der Waals surface area contributed by atoms with Gasteiger partial charge in [-0.1, -0.05) is 63.5 Å². The van der Waals surface area contributed by atoms with Gasteiger partial charge >= 0.3 is 0 Å². The van der Waals surface area contributed by atoms with Crippen molar-refractivity contribution in [1.82, 2.24) is 5.32 Å². The Hall–Kier alpha value is -1.22. The van der Waals surface area contributed by atoms with Crippen molar-refractivity contribution in [2.24, 2.45) is 0 Å². The van der Waals surface area contributed by atoms with Crippen LogP contribution in [0.1, 0.15) is 68.6 Å². The van der Waals surface area contributed by atoms with Crippen molar-refractivity contribution < 1.29 is 9.90 Å². The van der Waals surface area contributed by atoms with Crippen LogP contribution < -0.4 is 5.32 Å². The molecule has 4 heteroatoms. The molecule has 1 amide bonds. The number of rotatable bonds is 10. The normalized spacial score (nSPS) is 10.6. The molecular formula is C17H26ClNO2. The number of nitrogens with one attached hydrogen (secondary N) is 1. The molecule has 0 unspecified atom stereocenters. The van der Waals surface area contributed by atoms with Gasteiger partial charge in [-0.15, -0.1) is 0 Å². The van der Waals surface area contributed by atoms with E-state index in [1.54, 1.807) is 6.07 Å². The van der Waals surface area contributed by atoms with Crippen molar-refractivity contribution in [3.63, 3.8) is 0 Å². The maximum absolute atomic E-state index is 11.9. The van der Waals surface area contributed by atoms with Crippen LogP contribution in [0.25, 0.3) is 0 Å². The van der Waals surface area contributed by atoms with Gasteiger partial charge in [-0.3, -0.25) is 4.79 Å². The van der Waals surface area contributed by atoms with Gasteiger partial charge in [-0.2, -0.15) is 0 Å². The molecule has 3 nitrogen and oxygen atoms in total. The molecule has 21 heavy (non-hydrogen) atoms. The molecule has 1 rings (SSSR count). The zero-order valence-corrected chi connectivity index (χ0v) is 13.6. The number of hydrogen-bond acceptors (Lipinski definition) is 2. The lowest BCUT2D eigenvalue weighted by Gasteiger charge is -2.07. The molecule has 118 valence electrons. The zero-order valence-electron chi connectivity index (χ0n) is 12.8. The highest BCUT2D eigenvalue weighted by molar-refractivity contribution is 6.31. The molecule has 1 aromatic carbocycles. The maximum atomic E-state index is 11.9. The molecule has 0 aliphatic rings. The number of aromatic hydroxyl groups is 1. The molecule has 0 aliphatic carbocycles. The number of amides is 1. The van der Waals surface area contributed by atoms with E-state index in [2.05, 4.69) is 12.2 Å². The minimum Gasteiger partial charge on any atom is -0.507 e. The highest BCUT2D eigenvalue weighted by atomic mass is 35.5. The van der Waals surface area contributed by atoms with Gasteiger partial charge in [-0.05, 0) is 24.6 Å². The Balaban J connectivity index is 2.12. The summed E-state index contributed by atoms with van der Waals surface area (Å²) in [7, 11) is 0. The number of hydrogen-bond donors (Lipinski definition) is 2. The molecule has 0 radical (unpaired) electrons. The van der Waals surface area contributed by atoms with Crippen LogP contribution in [0.15, 0.2) is 18.2 Å². The van der Waals surface area contributed by atoms with E-state index in [0.717, 1.165) is 12.8 Å². The third-order valence-corrected chi connectivity index (χ3v) is 3.75. The lowest BCUT2D eigenvalue weighted by atomic mass is 10.1. The van der Waals surface area contributed by atoms with E-state index in [1.807, 2.05) is 0 Å². The van der Waals surface area contributed by atoms with Gasteiger partial charge in [-0.25, -0.2) is 0 Å². The monoisotopic (exact) mass is 311 g/mol. The Bertz CT molecular complexity index is 435. The predicted molar refractivity (Wildman–Crippen MR) is 88.1 cm³/mol. The Morgan fingerprint density at radius 1 is 1.10 bits per heavy atom. The topological polar surface area (TPSA) is 49.3 Å². The fourth-order valence-corrected chi connectivity index (χ4v) is 2.42. The summed E-state index contributed by atoms with van der Waals surface area (Å²) >= 11 is 5.82. The van der Waals surface area contributed by atoms with Gasteiger partial charge in [0.25, 0.3) is 5.91 Å². The number of halogens is 1. The number of carbonyl (C=O) groups excluding carboxylic acids is 1. The molecule has 1 aromatic rings. The molecule has 0 saturated carbocycles. The van der Waals surface area contributed by atoms with Gasteiger partial charge in [0.2, 0.25) is 0 Å². The Morgan fingerprint density at radius 3 is 2.38 bits per heavy atom. The van der Waals surface area contributed by atoms with Crippen LogP contribution in [0.3, 0.4) is 0 Å². The van der Waals surface area contributed by atoms with Crippen molar-refractivity contribution >= 4 is 17.5 Å². The fourth-order valence-electron chi connectivity index (χ4n) is 2.25. The first-order valence-electron chi connectivity index (χ1n) is 7.92. The second-order valence-corrected chi connectivity index (χ2v) is 5.83. The van der Waals surface area contributed by atoms with Gasteiger partial charge in [0.1, 0.15) is 5.75 Å². The van der Waals surface area contributed by atoms with Crippen LogP contribution in [0.5, 0.6) is 5.75 Å². The van der Waals surface area contributed by atoms with Crippen LogP contribution in [0.2, 0.25) is 5.02 Å². The minimum atomic E-state index is -0.266. The summed E-state index contributed by atoms with van der Waals surface area (Å²) in [6.45, 7) is 2.86. The van der Waals surface area contributed by atoms with Gasteiger partial charge in [0.15, 0.2) is 0 Å². The lowest BCUT2D eigenvalue weighted by molar-refractivity contribution is 0.0950. The molecule has 0 bridgehead atoms. The van der Waals surface area contributed by atoms with E-state index < -0.39 is 0 Å². The average Bonchev–Trinajstić information content (AvgIpc) is 2.48. The molecule has 0 fully saturated rings. The van der Waals surface area contributed by atoms with Crippen molar-refractivity contribution in [2.45, 2.75) is 58.3 Å². The summed E-state index contributed by atoms with van der Waals surface area (Å²) in [5.41, 5.74) is 0.238. The summed E-state index contributed by atoms with van der Waals surface area (Å²) in [6, 6.07) is 4.49. The molecule has 0 heterocycles. The van der Waals surface area contributed by atoms with Gasteiger partial charge in [0.05, 0.1) is 5.56 Å². The Kier molecular flexibility index (Phi) is 8.91. The van der Waals surface area contributed by atoms with E-state index in [4.69, 9.17) is 11.6 Å². The van der Waals surface area contributed by atoms with Crippen molar-refractivity contribution in [2.75, 3.05) is 6.54 Å². The molecule has 0 saturated heterocycles. The average molecular weight is 312 g/mol. The Labute approximate surface area is 132 Å². The van der Waals surface area contributed by atoms with E-state index in [-0.39, 0.29) is 17.2 Å². The van der Waals surface area contributed by atoms with Crippen LogP contribution in [-0.2, 0) is 0 Å². The molecular weight excluding hydrogens is 286 g/mol. The second-order valence-electron chi connectivity index (χ2n) is 5.39. The van der Waals surface area contributed by atoms with Crippen molar-refractivity contribution in [1.29, 1.82) is 0 Å². The number of benzene rings is 1. The first kappa shape index (κ1) is 17.8. The summed E-state index contributed by atoms with van der Waals surface area (Å²) in [4.78, 5) is 11.9. The summed E-state index contributed by atoms with van der Waals surface area (Å²) in [5.74, 6) is -0.300. The first-order valence-corrected chi connectivity index (χ1v) is 8.29. The van der Waals surface area contributed by atoms with Gasteiger partial charge < -0.3 is 10.4 Å². The SMILES string of the molecule is CCCCCCCCCCNC(=O)c1cc(Cl)ccc1O.